The Balaban J connectivity index is 2.25. The molecule has 1 amide bonds. The Morgan fingerprint density at radius 2 is 2.05 bits per heavy atom. The van der Waals surface area contributed by atoms with Gasteiger partial charge in [0.1, 0.15) is 17.3 Å². The number of carbonyl (C=O) groups excluding carboxylic acids is 1. The van der Waals surface area contributed by atoms with Crippen LogP contribution in [0.25, 0.3) is 0 Å². The van der Waals surface area contributed by atoms with Crippen molar-refractivity contribution in [2.24, 2.45) is 0 Å². The van der Waals surface area contributed by atoms with Gasteiger partial charge in [-0.25, -0.2) is 9.37 Å². The Labute approximate surface area is 121 Å². The first-order valence-corrected chi connectivity index (χ1v) is 6.31. The highest BCUT2D eigenvalue weighted by Gasteiger charge is 2.13. The molecular weight excluding hydrogens is 281 g/mol. The van der Waals surface area contributed by atoms with E-state index in [1.54, 1.807) is 32.2 Å². The van der Waals surface area contributed by atoms with Gasteiger partial charge >= 0.3 is 0 Å². The van der Waals surface area contributed by atoms with Crippen LogP contribution in [0.5, 0.6) is 0 Å². The van der Waals surface area contributed by atoms with E-state index in [0.717, 1.165) is 0 Å². The zero-order valence-corrected chi connectivity index (χ0v) is 11.8. The van der Waals surface area contributed by atoms with Gasteiger partial charge in [-0.05, 0) is 42.8 Å². The van der Waals surface area contributed by atoms with E-state index in [4.69, 9.17) is 11.6 Å². The van der Waals surface area contributed by atoms with Crippen LogP contribution < -0.4 is 10.6 Å². The normalized spacial score (nSPS) is 10.2. The molecule has 2 N–H and O–H groups in total. The number of amides is 1. The van der Waals surface area contributed by atoms with Crippen molar-refractivity contribution < 1.29 is 9.18 Å². The number of nitrogens with zero attached hydrogens (tertiary/aromatic N) is 1. The lowest BCUT2D eigenvalue weighted by Crippen LogP contribution is -2.15. The molecule has 0 fully saturated rings. The van der Waals surface area contributed by atoms with E-state index >= 15 is 0 Å². The fourth-order valence-electron chi connectivity index (χ4n) is 1.65. The smallest absolute Gasteiger partial charge is 0.275 e. The molecule has 0 radical (unpaired) electrons. The Morgan fingerprint density at radius 3 is 2.70 bits per heavy atom. The Morgan fingerprint density at radius 1 is 1.30 bits per heavy atom. The molecule has 6 heteroatoms. The van der Waals surface area contributed by atoms with Crippen LogP contribution >= 0.6 is 11.6 Å². The zero-order chi connectivity index (χ0) is 14.7. The van der Waals surface area contributed by atoms with Gasteiger partial charge in [-0.15, -0.1) is 0 Å². The summed E-state index contributed by atoms with van der Waals surface area (Å²) in [6.07, 6.45) is 0. The summed E-state index contributed by atoms with van der Waals surface area (Å²) in [6.45, 7) is 1.62. The van der Waals surface area contributed by atoms with Crippen molar-refractivity contribution in [1.29, 1.82) is 0 Å². The van der Waals surface area contributed by atoms with E-state index < -0.39 is 5.91 Å². The third-order valence-electron chi connectivity index (χ3n) is 2.73. The van der Waals surface area contributed by atoms with Crippen molar-refractivity contribution in [3.63, 3.8) is 0 Å². The second-order valence-electron chi connectivity index (χ2n) is 4.20. The van der Waals surface area contributed by atoms with E-state index in [9.17, 15) is 9.18 Å². The van der Waals surface area contributed by atoms with Gasteiger partial charge in [0.05, 0.1) is 5.02 Å². The minimum atomic E-state index is -0.446. The lowest BCUT2D eigenvalue weighted by atomic mass is 10.2. The number of hydrogen-bond donors (Lipinski definition) is 2. The maximum Gasteiger partial charge on any atom is 0.275 e. The van der Waals surface area contributed by atoms with Gasteiger partial charge in [0.25, 0.3) is 5.91 Å². The predicted octanol–water partition coefficient (Wildman–Crippen LogP) is 3.48. The molecule has 20 heavy (non-hydrogen) atoms. The van der Waals surface area contributed by atoms with E-state index in [0.29, 0.717) is 17.1 Å². The number of nitrogens with one attached hydrogen (secondary N) is 2. The van der Waals surface area contributed by atoms with Crippen molar-refractivity contribution in [3.05, 3.63) is 52.4 Å². The van der Waals surface area contributed by atoms with E-state index in [-0.39, 0.29) is 16.5 Å². The SMILES string of the molecule is CNc1ccc(Cl)c(C(=O)Nc2ccc(F)c(C)c2)n1. The topological polar surface area (TPSA) is 54.0 Å². The number of aromatic nitrogens is 1. The molecule has 1 aromatic heterocycles. The van der Waals surface area contributed by atoms with Crippen LogP contribution in [0.15, 0.2) is 30.3 Å². The van der Waals surface area contributed by atoms with Gasteiger partial charge in [0, 0.05) is 12.7 Å². The van der Waals surface area contributed by atoms with E-state index in [1.807, 2.05) is 0 Å². The number of benzene rings is 1. The number of anilines is 2. The quantitative estimate of drug-likeness (QED) is 0.911. The monoisotopic (exact) mass is 293 g/mol. The first kappa shape index (κ1) is 14.3. The summed E-state index contributed by atoms with van der Waals surface area (Å²) in [5.41, 5.74) is 1.05. The predicted molar refractivity (Wildman–Crippen MR) is 77.9 cm³/mol. The summed E-state index contributed by atoms with van der Waals surface area (Å²) in [5, 5.41) is 5.72. The molecule has 4 nitrogen and oxygen atoms in total. The molecule has 0 atom stereocenters. The lowest BCUT2D eigenvalue weighted by Gasteiger charge is -2.08. The van der Waals surface area contributed by atoms with Gasteiger partial charge in [0.15, 0.2) is 0 Å². The van der Waals surface area contributed by atoms with Crippen molar-refractivity contribution in [2.75, 3.05) is 17.7 Å². The van der Waals surface area contributed by atoms with Gasteiger partial charge in [-0.2, -0.15) is 0 Å². The fraction of sp³-hybridized carbons (Fsp3) is 0.143. The third kappa shape index (κ3) is 3.05. The third-order valence-corrected chi connectivity index (χ3v) is 3.04. The summed E-state index contributed by atoms with van der Waals surface area (Å²) < 4.78 is 13.2. The number of aryl methyl sites for hydroxylation is 1. The summed E-state index contributed by atoms with van der Waals surface area (Å²) >= 11 is 5.96. The molecule has 104 valence electrons. The van der Waals surface area contributed by atoms with E-state index in [1.165, 1.54) is 12.1 Å². The highest BCUT2D eigenvalue weighted by molar-refractivity contribution is 6.34. The first-order chi connectivity index (χ1) is 9.51. The number of halogens is 2. The molecule has 0 aliphatic carbocycles. The first-order valence-electron chi connectivity index (χ1n) is 5.93. The van der Waals surface area contributed by atoms with Crippen LogP contribution in [0.2, 0.25) is 5.02 Å². The van der Waals surface area contributed by atoms with Crippen LogP contribution in [0.3, 0.4) is 0 Å². The average Bonchev–Trinajstić information content (AvgIpc) is 2.43. The number of hydrogen-bond acceptors (Lipinski definition) is 3. The van der Waals surface area contributed by atoms with Gasteiger partial charge in [0.2, 0.25) is 0 Å². The molecule has 0 aliphatic rings. The summed E-state index contributed by atoms with van der Waals surface area (Å²) in [4.78, 5) is 16.2. The molecule has 0 saturated heterocycles. The largest absolute Gasteiger partial charge is 0.373 e. The molecule has 0 bridgehead atoms. The van der Waals surface area contributed by atoms with Crippen LogP contribution in [-0.4, -0.2) is 17.9 Å². The van der Waals surface area contributed by atoms with Crippen LogP contribution in [0, 0.1) is 12.7 Å². The van der Waals surface area contributed by atoms with Crippen molar-refractivity contribution in [2.45, 2.75) is 6.92 Å². The molecule has 1 aromatic carbocycles. The maximum absolute atomic E-state index is 13.2. The van der Waals surface area contributed by atoms with E-state index in [2.05, 4.69) is 15.6 Å². The van der Waals surface area contributed by atoms with Crippen molar-refractivity contribution >= 4 is 29.0 Å². The molecule has 0 saturated carbocycles. The number of pyridine rings is 1. The summed E-state index contributed by atoms with van der Waals surface area (Å²) in [5.74, 6) is -0.232. The average molecular weight is 294 g/mol. The van der Waals surface area contributed by atoms with Crippen LogP contribution in [-0.2, 0) is 0 Å². The molecule has 0 spiro atoms. The Kier molecular flexibility index (Phi) is 4.20. The molecule has 0 unspecified atom stereocenters. The second kappa shape index (κ2) is 5.88. The standard InChI is InChI=1S/C14H13ClFN3O/c1-8-7-9(3-5-11(8)16)18-14(20)13-10(15)4-6-12(17-2)19-13/h3-7H,1-2H3,(H,17,19)(H,18,20). The summed E-state index contributed by atoms with van der Waals surface area (Å²) in [6, 6.07) is 7.58. The highest BCUT2D eigenvalue weighted by atomic mass is 35.5. The maximum atomic E-state index is 13.2. The van der Waals surface area contributed by atoms with Crippen LogP contribution in [0.4, 0.5) is 15.9 Å². The molecule has 2 rings (SSSR count). The Bertz CT molecular complexity index is 661. The zero-order valence-electron chi connectivity index (χ0n) is 11.0. The van der Waals surface area contributed by atoms with Gasteiger partial charge < -0.3 is 10.6 Å². The van der Waals surface area contributed by atoms with Gasteiger partial charge in [-0.3, -0.25) is 4.79 Å². The lowest BCUT2D eigenvalue weighted by molar-refractivity contribution is 0.102. The number of carbonyl (C=O) groups is 1. The second-order valence-corrected chi connectivity index (χ2v) is 4.60. The molecular formula is C14H13ClFN3O. The van der Waals surface area contributed by atoms with Crippen LogP contribution in [0.1, 0.15) is 16.1 Å². The molecule has 1 heterocycles. The van der Waals surface area contributed by atoms with Crippen molar-refractivity contribution in [3.8, 4) is 0 Å². The highest BCUT2D eigenvalue weighted by Crippen LogP contribution is 2.19. The summed E-state index contributed by atoms with van der Waals surface area (Å²) in [7, 11) is 1.70. The number of rotatable bonds is 3. The minimum absolute atomic E-state index is 0.112. The van der Waals surface area contributed by atoms with Gasteiger partial charge in [-0.1, -0.05) is 11.6 Å². The molecule has 0 aliphatic heterocycles. The molecule has 2 aromatic rings. The minimum Gasteiger partial charge on any atom is -0.373 e. The fourth-order valence-corrected chi connectivity index (χ4v) is 1.84. The van der Waals surface area contributed by atoms with Crippen molar-refractivity contribution in [1.82, 2.24) is 4.98 Å². The Hall–Kier alpha value is -2.14.